The number of carbonyl (C=O) groups excluding carboxylic acids is 2. The molecule has 1 aliphatic heterocycles. The number of ketones is 1. The quantitative estimate of drug-likeness (QED) is 0.369. The first kappa shape index (κ1) is 21.9. The molecule has 0 aromatic heterocycles. The number of aliphatic imine (C=N–C) groups is 1. The van der Waals surface area contributed by atoms with Gasteiger partial charge in [-0.1, -0.05) is 41.9 Å². The van der Waals surface area contributed by atoms with Crippen LogP contribution >= 0.6 is 11.6 Å². The van der Waals surface area contributed by atoms with Gasteiger partial charge in [0.25, 0.3) is 5.69 Å². The molecule has 164 valence electrons. The molecule has 0 spiro atoms. The zero-order valence-electron chi connectivity index (χ0n) is 17.6. The molecule has 2 aliphatic rings. The molecule has 1 heterocycles. The van der Waals surface area contributed by atoms with E-state index >= 15 is 0 Å². The van der Waals surface area contributed by atoms with Gasteiger partial charge in [-0.05, 0) is 36.5 Å². The smallest absolute Gasteiger partial charge is 0.315 e. The van der Waals surface area contributed by atoms with E-state index in [2.05, 4.69) is 4.99 Å². The Hall–Kier alpha value is -3.32. The van der Waals surface area contributed by atoms with Gasteiger partial charge in [-0.3, -0.25) is 24.7 Å². The Morgan fingerprint density at radius 3 is 2.62 bits per heavy atom. The summed E-state index contributed by atoms with van der Waals surface area (Å²) < 4.78 is 5.01. The van der Waals surface area contributed by atoms with Crippen LogP contribution in [0.2, 0.25) is 5.02 Å². The highest BCUT2D eigenvalue weighted by atomic mass is 35.5. The first-order chi connectivity index (χ1) is 15.3. The summed E-state index contributed by atoms with van der Waals surface area (Å²) in [6, 6.07) is 13.5. The molecule has 0 saturated carbocycles. The van der Waals surface area contributed by atoms with Gasteiger partial charge >= 0.3 is 5.97 Å². The molecule has 7 nitrogen and oxygen atoms in total. The summed E-state index contributed by atoms with van der Waals surface area (Å²) in [5.74, 6) is -2.34. The Bertz CT molecular complexity index is 1190. The van der Waals surface area contributed by atoms with Crippen molar-refractivity contribution >= 4 is 34.8 Å². The molecule has 1 unspecified atom stereocenters. The number of hydrogen-bond donors (Lipinski definition) is 0. The molecule has 0 saturated heterocycles. The zero-order chi connectivity index (χ0) is 23.0. The maximum absolute atomic E-state index is 13.4. The highest BCUT2D eigenvalue weighted by Gasteiger charge is 2.45. The standard InChI is InChI=1S/C24H21ClN2O5/c1-13-21(24(29)32-2)22(14-6-5-7-16(10-14)27(30)31)23-19(26-13)11-15(12-20(23)28)17-8-3-4-9-18(17)25/h3-10,15,21-22H,11-12H2,1-2H3/t15-,21?,22-/m1/s1. The summed E-state index contributed by atoms with van der Waals surface area (Å²) in [6.07, 6.45) is 0.706. The van der Waals surface area contributed by atoms with Crippen molar-refractivity contribution in [1.82, 2.24) is 0 Å². The first-order valence-corrected chi connectivity index (χ1v) is 10.6. The van der Waals surface area contributed by atoms with Crippen LogP contribution in [0, 0.1) is 16.0 Å². The molecule has 4 rings (SSSR count). The van der Waals surface area contributed by atoms with Crippen molar-refractivity contribution < 1.29 is 19.2 Å². The van der Waals surface area contributed by atoms with Gasteiger partial charge in [-0.15, -0.1) is 0 Å². The van der Waals surface area contributed by atoms with Gasteiger partial charge < -0.3 is 4.74 Å². The van der Waals surface area contributed by atoms with E-state index in [-0.39, 0.29) is 23.8 Å². The number of Topliss-reactive ketones (excluding diaryl/α,β-unsaturated/α-hetero) is 1. The van der Waals surface area contributed by atoms with Crippen LogP contribution in [-0.2, 0) is 14.3 Å². The summed E-state index contributed by atoms with van der Waals surface area (Å²) in [4.78, 5) is 41.6. The largest absolute Gasteiger partial charge is 0.468 e. The lowest BCUT2D eigenvalue weighted by molar-refractivity contribution is -0.384. The number of carbonyl (C=O) groups is 2. The van der Waals surface area contributed by atoms with Crippen molar-refractivity contribution in [2.24, 2.45) is 10.9 Å². The number of methoxy groups -OCH3 is 1. The van der Waals surface area contributed by atoms with Crippen LogP contribution in [0.1, 0.15) is 42.7 Å². The second kappa shape index (κ2) is 8.67. The fourth-order valence-corrected chi connectivity index (χ4v) is 5.00. The molecule has 0 bridgehead atoms. The lowest BCUT2D eigenvalue weighted by Crippen LogP contribution is -2.37. The van der Waals surface area contributed by atoms with Gasteiger partial charge in [-0.2, -0.15) is 0 Å². The number of allylic oxidation sites excluding steroid dienone is 2. The Morgan fingerprint density at radius 1 is 1.19 bits per heavy atom. The first-order valence-electron chi connectivity index (χ1n) is 10.2. The van der Waals surface area contributed by atoms with Crippen molar-refractivity contribution in [2.45, 2.75) is 31.6 Å². The normalized spacial score (nSPS) is 22.8. The number of nitro groups is 1. The highest BCUT2D eigenvalue weighted by Crippen LogP contribution is 2.47. The van der Waals surface area contributed by atoms with E-state index in [1.165, 1.54) is 19.2 Å². The van der Waals surface area contributed by atoms with Gasteiger partial charge in [0, 0.05) is 46.5 Å². The predicted octanol–water partition coefficient (Wildman–Crippen LogP) is 5.00. The van der Waals surface area contributed by atoms with E-state index in [0.29, 0.717) is 34.0 Å². The molecule has 0 N–H and O–H groups in total. The number of halogens is 1. The second-order valence-electron chi connectivity index (χ2n) is 7.99. The summed E-state index contributed by atoms with van der Waals surface area (Å²) in [5, 5.41) is 11.9. The van der Waals surface area contributed by atoms with Crippen LogP contribution in [0.4, 0.5) is 5.69 Å². The molecule has 32 heavy (non-hydrogen) atoms. The van der Waals surface area contributed by atoms with E-state index in [9.17, 15) is 19.7 Å². The number of benzene rings is 2. The maximum atomic E-state index is 13.4. The summed E-state index contributed by atoms with van der Waals surface area (Å²) >= 11 is 6.38. The third kappa shape index (κ3) is 3.84. The van der Waals surface area contributed by atoms with Crippen molar-refractivity contribution in [1.29, 1.82) is 0 Å². The van der Waals surface area contributed by atoms with E-state index in [1.807, 2.05) is 18.2 Å². The molecule has 0 fully saturated rings. The van der Waals surface area contributed by atoms with Crippen LogP contribution in [-0.4, -0.2) is 29.5 Å². The summed E-state index contributed by atoms with van der Waals surface area (Å²) in [5.41, 5.74) is 2.82. The lowest BCUT2D eigenvalue weighted by atomic mass is 9.69. The van der Waals surface area contributed by atoms with Crippen molar-refractivity contribution in [3.63, 3.8) is 0 Å². The average molecular weight is 453 g/mol. The van der Waals surface area contributed by atoms with E-state index in [0.717, 1.165) is 5.56 Å². The SMILES string of the molecule is COC(=O)C1C(C)=NC2=C(C(=O)C[C@H](c3ccccc3Cl)C2)[C@@H]1c1cccc([N+](=O)[O-])c1. The molecule has 0 radical (unpaired) electrons. The number of ether oxygens (including phenoxy) is 1. The maximum Gasteiger partial charge on any atom is 0.315 e. The number of nitrogens with zero attached hydrogens (tertiary/aromatic N) is 2. The topological polar surface area (TPSA) is 98.9 Å². The highest BCUT2D eigenvalue weighted by molar-refractivity contribution is 6.31. The summed E-state index contributed by atoms with van der Waals surface area (Å²) in [7, 11) is 1.28. The fraction of sp³-hybridized carbons (Fsp3) is 0.292. The molecule has 8 heteroatoms. The fourth-order valence-electron chi connectivity index (χ4n) is 4.71. The van der Waals surface area contributed by atoms with Crippen LogP contribution < -0.4 is 0 Å². The summed E-state index contributed by atoms with van der Waals surface area (Å²) in [6.45, 7) is 1.72. The Balaban J connectivity index is 1.85. The minimum absolute atomic E-state index is 0.106. The van der Waals surface area contributed by atoms with Gasteiger partial charge in [0.15, 0.2) is 5.78 Å². The van der Waals surface area contributed by atoms with Gasteiger partial charge in [0.05, 0.1) is 12.0 Å². The molecule has 0 amide bonds. The van der Waals surface area contributed by atoms with Crippen LogP contribution in [0.15, 0.2) is 64.8 Å². The number of rotatable bonds is 4. The van der Waals surface area contributed by atoms with Crippen LogP contribution in [0.5, 0.6) is 0 Å². The van der Waals surface area contributed by atoms with E-state index < -0.39 is 22.7 Å². The second-order valence-corrected chi connectivity index (χ2v) is 8.40. The van der Waals surface area contributed by atoms with Crippen LogP contribution in [0.3, 0.4) is 0 Å². The van der Waals surface area contributed by atoms with Gasteiger partial charge in [0.2, 0.25) is 0 Å². The zero-order valence-corrected chi connectivity index (χ0v) is 18.3. The minimum Gasteiger partial charge on any atom is -0.468 e. The molecule has 2 aromatic rings. The van der Waals surface area contributed by atoms with Gasteiger partial charge in [-0.25, -0.2) is 0 Å². The van der Waals surface area contributed by atoms with Crippen LogP contribution in [0.25, 0.3) is 0 Å². The van der Waals surface area contributed by atoms with E-state index in [1.54, 1.807) is 25.1 Å². The Kier molecular flexibility index (Phi) is 5.93. The number of nitro benzene ring substituents is 1. The number of non-ortho nitro benzene ring substituents is 1. The lowest BCUT2D eigenvalue weighted by Gasteiger charge is -2.36. The van der Waals surface area contributed by atoms with E-state index in [4.69, 9.17) is 16.3 Å². The molecule has 1 aliphatic carbocycles. The Labute approximate surface area is 189 Å². The average Bonchev–Trinajstić information content (AvgIpc) is 2.77. The minimum atomic E-state index is -0.832. The molecule has 3 atom stereocenters. The van der Waals surface area contributed by atoms with Gasteiger partial charge in [0.1, 0.15) is 5.92 Å². The predicted molar refractivity (Wildman–Crippen MR) is 120 cm³/mol. The third-order valence-corrected chi connectivity index (χ3v) is 6.47. The number of esters is 1. The van der Waals surface area contributed by atoms with Crippen molar-refractivity contribution in [3.8, 4) is 0 Å². The molecular formula is C24H21ClN2O5. The third-order valence-electron chi connectivity index (χ3n) is 6.13. The van der Waals surface area contributed by atoms with Crippen molar-refractivity contribution in [2.75, 3.05) is 7.11 Å². The molecule has 2 aromatic carbocycles. The van der Waals surface area contributed by atoms with Crippen molar-refractivity contribution in [3.05, 3.63) is 86.1 Å². The number of hydrogen-bond acceptors (Lipinski definition) is 6. The monoisotopic (exact) mass is 452 g/mol. The molecular weight excluding hydrogens is 432 g/mol. The Morgan fingerprint density at radius 2 is 1.94 bits per heavy atom.